The lowest BCUT2D eigenvalue weighted by molar-refractivity contribution is -0.137. The zero-order valence-electron chi connectivity index (χ0n) is 14.6. The monoisotopic (exact) mass is 345 g/mol. The fourth-order valence-corrected chi connectivity index (χ4v) is 3.00. The van der Waals surface area contributed by atoms with E-state index >= 15 is 0 Å². The molecule has 134 valence electrons. The van der Waals surface area contributed by atoms with E-state index in [1.165, 1.54) is 0 Å². The number of hydrogen-bond acceptors (Lipinski definition) is 6. The molecule has 2 heterocycles. The van der Waals surface area contributed by atoms with Crippen LogP contribution in [0.5, 0.6) is 5.75 Å². The molecule has 2 aromatic rings. The number of ether oxygens (including phenoxy) is 2. The average molecular weight is 345 g/mol. The Morgan fingerprint density at radius 3 is 3.08 bits per heavy atom. The molecule has 1 amide bonds. The molecular formula is C18H23N3O4. The molecule has 0 unspecified atom stereocenters. The number of methoxy groups -OCH3 is 1. The van der Waals surface area contributed by atoms with Crippen molar-refractivity contribution >= 4 is 5.91 Å². The van der Waals surface area contributed by atoms with Gasteiger partial charge in [0, 0.05) is 25.9 Å². The van der Waals surface area contributed by atoms with Crippen LogP contribution in [0.15, 0.2) is 28.8 Å². The van der Waals surface area contributed by atoms with E-state index < -0.39 is 0 Å². The van der Waals surface area contributed by atoms with Crippen molar-refractivity contribution < 1.29 is 18.8 Å². The topological polar surface area (TPSA) is 77.7 Å². The summed E-state index contributed by atoms with van der Waals surface area (Å²) in [6.07, 6.45) is 1.90. The van der Waals surface area contributed by atoms with Crippen LogP contribution in [0.25, 0.3) is 0 Å². The second kappa shape index (κ2) is 8.11. The van der Waals surface area contributed by atoms with E-state index in [4.69, 9.17) is 14.0 Å². The summed E-state index contributed by atoms with van der Waals surface area (Å²) in [6, 6.07) is 7.63. The molecule has 0 spiro atoms. The van der Waals surface area contributed by atoms with Gasteiger partial charge in [-0.05, 0) is 30.5 Å². The molecule has 1 aliphatic heterocycles. The van der Waals surface area contributed by atoms with Crippen LogP contribution >= 0.6 is 0 Å². The van der Waals surface area contributed by atoms with Crippen LogP contribution in [0.4, 0.5) is 0 Å². The Labute approximate surface area is 146 Å². The first-order valence-corrected chi connectivity index (χ1v) is 8.44. The number of nitrogens with zero attached hydrogens (tertiary/aromatic N) is 3. The Balaban J connectivity index is 1.49. The molecule has 1 aliphatic rings. The highest BCUT2D eigenvalue weighted by molar-refractivity contribution is 5.77. The molecule has 0 saturated carbocycles. The summed E-state index contributed by atoms with van der Waals surface area (Å²) in [6.45, 7) is 3.57. The van der Waals surface area contributed by atoms with Gasteiger partial charge in [0.05, 0.1) is 13.7 Å². The van der Waals surface area contributed by atoms with E-state index in [2.05, 4.69) is 10.1 Å². The number of likely N-dealkylation sites (tertiary alicyclic amines) is 1. The Hall–Kier alpha value is -2.41. The number of carbonyl (C=O) groups excluding carboxylic acids is 1. The van der Waals surface area contributed by atoms with Gasteiger partial charge < -0.3 is 18.9 Å². The summed E-state index contributed by atoms with van der Waals surface area (Å²) in [7, 11) is 1.63. The fourth-order valence-electron chi connectivity index (χ4n) is 3.00. The predicted octanol–water partition coefficient (Wildman–Crippen LogP) is 2.31. The molecule has 0 N–H and O–H groups in total. The third-order valence-corrected chi connectivity index (χ3v) is 4.31. The first-order chi connectivity index (χ1) is 12.2. The summed E-state index contributed by atoms with van der Waals surface area (Å²) in [5.41, 5.74) is 0.978. The molecular weight excluding hydrogens is 322 g/mol. The first-order valence-electron chi connectivity index (χ1n) is 8.44. The van der Waals surface area contributed by atoms with Crippen molar-refractivity contribution in [3.8, 4) is 5.75 Å². The van der Waals surface area contributed by atoms with Gasteiger partial charge in [-0.15, -0.1) is 0 Å². The zero-order valence-corrected chi connectivity index (χ0v) is 14.6. The lowest BCUT2D eigenvalue weighted by Crippen LogP contribution is -2.41. The number of carbonyl (C=O) groups is 1. The highest BCUT2D eigenvalue weighted by Crippen LogP contribution is 2.25. The van der Waals surface area contributed by atoms with Crippen LogP contribution in [-0.2, 0) is 16.1 Å². The van der Waals surface area contributed by atoms with Crippen LogP contribution in [0.3, 0.4) is 0 Å². The summed E-state index contributed by atoms with van der Waals surface area (Å²) in [4.78, 5) is 18.5. The largest absolute Gasteiger partial charge is 0.497 e. The summed E-state index contributed by atoms with van der Waals surface area (Å²) < 4.78 is 15.8. The van der Waals surface area contributed by atoms with E-state index in [9.17, 15) is 4.79 Å². The van der Waals surface area contributed by atoms with Gasteiger partial charge in [-0.3, -0.25) is 4.79 Å². The lowest BCUT2D eigenvalue weighted by atomic mass is 9.97. The van der Waals surface area contributed by atoms with E-state index in [0.29, 0.717) is 24.9 Å². The van der Waals surface area contributed by atoms with Gasteiger partial charge >= 0.3 is 0 Å². The molecule has 0 aliphatic carbocycles. The maximum absolute atomic E-state index is 12.4. The van der Waals surface area contributed by atoms with Crippen molar-refractivity contribution in [3.05, 3.63) is 41.5 Å². The third kappa shape index (κ3) is 4.57. The fraction of sp³-hybridized carbons (Fsp3) is 0.500. The van der Waals surface area contributed by atoms with Crippen LogP contribution in [0.1, 0.15) is 36.0 Å². The van der Waals surface area contributed by atoms with Crippen LogP contribution in [-0.4, -0.2) is 47.8 Å². The van der Waals surface area contributed by atoms with E-state index in [-0.39, 0.29) is 18.4 Å². The minimum absolute atomic E-state index is 0.00665. The van der Waals surface area contributed by atoms with Crippen molar-refractivity contribution in [2.45, 2.75) is 32.3 Å². The van der Waals surface area contributed by atoms with Gasteiger partial charge in [-0.2, -0.15) is 4.98 Å². The molecule has 0 bridgehead atoms. The molecule has 1 aromatic heterocycles. The zero-order chi connectivity index (χ0) is 17.6. The number of hydrogen-bond donors (Lipinski definition) is 0. The number of aryl methyl sites for hydroxylation is 1. The highest BCUT2D eigenvalue weighted by atomic mass is 16.5. The van der Waals surface area contributed by atoms with Gasteiger partial charge in [0.1, 0.15) is 12.4 Å². The quantitative estimate of drug-likeness (QED) is 0.799. The van der Waals surface area contributed by atoms with Crippen molar-refractivity contribution in [2.24, 2.45) is 0 Å². The Kier molecular flexibility index (Phi) is 5.65. The molecule has 25 heavy (non-hydrogen) atoms. The minimum atomic E-state index is -0.00665. The Bertz CT molecular complexity index is 716. The van der Waals surface area contributed by atoms with Crippen LogP contribution < -0.4 is 4.74 Å². The van der Waals surface area contributed by atoms with Crippen molar-refractivity contribution in [1.82, 2.24) is 15.0 Å². The maximum atomic E-state index is 12.4. The van der Waals surface area contributed by atoms with Crippen LogP contribution in [0, 0.1) is 6.92 Å². The SMILES string of the molecule is COc1cccc(COCC(=O)N2CCC[C@@H](c3noc(C)n3)C2)c1. The minimum Gasteiger partial charge on any atom is -0.497 e. The number of amides is 1. The van der Waals surface area contributed by atoms with E-state index in [1.54, 1.807) is 14.0 Å². The summed E-state index contributed by atoms with van der Waals surface area (Å²) in [5, 5.41) is 3.98. The van der Waals surface area contributed by atoms with Gasteiger partial charge in [-0.25, -0.2) is 0 Å². The molecule has 1 atom stereocenters. The molecule has 1 aromatic carbocycles. The molecule has 1 fully saturated rings. The lowest BCUT2D eigenvalue weighted by Gasteiger charge is -2.31. The Morgan fingerprint density at radius 1 is 1.44 bits per heavy atom. The van der Waals surface area contributed by atoms with E-state index in [0.717, 1.165) is 30.7 Å². The van der Waals surface area contributed by atoms with Crippen molar-refractivity contribution in [3.63, 3.8) is 0 Å². The summed E-state index contributed by atoms with van der Waals surface area (Å²) in [5.74, 6) is 2.15. The second-order valence-corrected chi connectivity index (χ2v) is 6.19. The summed E-state index contributed by atoms with van der Waals surface area (Å²) >= 11 is 0. The van der Waals surface area contributed by atoms with E-state index in [1.807, 2.05) is 29.2 Å². The second-order valence-electron chi connectivity index (χ2n) is 6.19. The Morgan fingerprint density at radius 2 is 2.32 bits per heavy atom. The van der Waals surface area contributed by atoms with Crippen LogP contribution in [0.2, 0.25) is 0 Å². The van der Waals surface area contributed by atoms with Gasteiger partial charge in [0.15, 0.2) is 5.82 Å². The van der Waals surface area contributed by atoms with Crippen molar-refractivity contribution in [2.75, 3.05) is 26.8 Å². The highest BCUT2D eigenvalue weighted by Gasteiger charge is 2.27. The average Bonchev–Trinajstić information content (AvgIpc) is 3.08. The standard InChI is InChI=1S/C18H23N3O4/c1-13-19-18(20-25-13)15-6-4-8-21(10-15)17(22)12-24-11-14-5-3-7-16(9-14)23-2/h3,5,7,9,15H,4,6,8,10-12H2,1-2H3/t15-/m1/s1. The van der Waals surface area contributed by atoms with Crippen molar-refractivity contribution in [1.29, 1.82) is 0 Å². The van der Waals surface area contributed by atoms with Gasteiger partial charge in [-0.1, -0.05) is 17.3 Å². The number of piperidine rings is 1. The number of aromatic nitrogens is 2. The van der Waals surface area contributed by atoms with Gasteiger partial charge in [0.2, 0.25) is 11.8 Å². The molecule has 7 heteroatoms. The molecule has 7 nitrogen and oxygen atoms in total. The number of benzene rings is 1. The third-order valence-electron chi connectivity index (χ3n) is 4.31. The molecule has 3 rings (SSSR count). The number of rotatable bonds is 6. The molecule has 1 saturated heterocycles. The first kappa shape index (κ1) is 17.4. The smallest absolute Gasteiger partial charge is 0.248 e. The maximum Gasteiger partial charge on any atom is 0.248 e. The predicted molar refractivity (Wildman–Crippen MR) is 90.2 cm³/mol. The van der Waals surface area contributed by atoms with Gasteiger partial charge in [0.25, 0.3) is 0 Å². The normalized spacial score (nSPS) is 17.5. The molecule has 0 radical (unpaired) electrons.